The van der Waals surface area contributed by atoms with Gasteiger partial charge in [-0.15, -0.1) is 0 Å². The average Bonchev–Trinajstić information content (AvgIpc) is 3.04. The van der Waals surface area contributed by atoms with Gasteiger partial charge in [0.15, 0.2) is 0 Å². The maximum atomic E-state index is 12.2. The van der Waals surface area contributed by atoms with E-state index >= 15 is 0 Å². The van der Waals surface area contributed by atoms with Crippen LogP contribution in [0.5, 0.6) is 0 Å². The second-order valence-corrected chi connectivity index (χ2v) is 7.37. The summed E-state index contributed by atoms with van der Waals surface area (Å²) in [5.41, 5.74) is 1.02. The van der Waals surface area contributed by atoms with Gasteiger partial charge in [-0.1, -0.05) is 12.1 Å². The van der Waals surface area contributed by atoms with Crippen LogP contribution in [0.15, 0.2) is 30.5 Å². The number of carbonyl (C=O) groups excluding carboxylic acids is 1. The fourth-order valence-electron chi connectivity index (χ4n) is 4.01. The number of benzene rings is 1. The fourth-order valence-corrected chi connectivity index (χ4v) is 4.01. The molecule has 0 saturated carbocycles. The van der Waals surface area contributed by atoms with Crippen LogP contribution in [0.1, 0.15) is 24.8 Å². The number of anilines is 3. The van der Waals surface area contributed by atoms with Gasteiger partial charge in [0.1, 0.15) is 11.5 Å². The molecule has 0 radical (unpaired) electrons. The summed E-state index contributed by atoms with van der Waals surface area (Å²) in [7, 11) is 0. The van der Waals surface area contributed by atoms with Crippen molar-refractivity contribution in [1.29, 1.82) is 0 Å². The van der Waals surface area contributed by atoms with Crippen LogP contribution >= 0.6 is 0 Å². The Bertz CT molecular complexity index is 924. The van der Waals surface area contributed by atoms with Crippen molar-refractivity contribution >= 4 is 29.0 Å². The summed E-state index contributed by atoms with van der Waals surface area (Å²) in [4.78, 5) is 34.0. The third kappa shape index (κ3) is 3.23. The highest BCUT2D eigenvalue weighted by Crippen LogP contribution is 2.39. The Kier molecular flexibility index (Phi) is 4.58. The lowest BCUT2D eigenvalue weighted by Crippen LogP contribution is -2.44. The van der Waals surface area contributed by atoms with Crippen LogP contribution < -0.4 is 15.5 Å². The summed E-state index contributed by atoms with van der Waals surface area (Å²) in [6.45, 7) is 4.19. The predicted molar refractivity (Wildman–Crippen MR) is 105 cm³/mol. The van der Waals surface area contributed by atoms with Gasteiger partial charge in [0, 0.05) is 37.5 Å². The molecule has 2 N–H and O–H groups in total. The first-order valence-corrected chi connectivity index (χ1v) is 9.36. The second kappa shape index (κ2) is 7.06. The zero-order valence-electron chi connectivity index (χ0n) is 15.6. The van der Waals surface area contributed by atoms with Crippen molar-refractivity contribution in [3.8, 4) is 0 Å². The highest BCUT2D eigenvalue weighted by atomic mass is 16.6. The van der Waals surface area contributed by atoms with Crippen LogP contribution in [0.3, 0.4) is 0 Å². The van der Waals surface area contributed by atoms with Crippen LogP contribution in [0.2, 0.25) is 0 Å². The van der Waals surface area contributed by atoms with Gasteiger partial charge in [0.25, 0.3) is 5.69 Å². The van der Waals surface area contributed by atoms with Crippen molar-refractivity contribution in [2.24, 2.45) is 5.41 Å². The lowest BCUT2D eigenvalue weighted by Gasteiger charge is -2.38. The van der Waals surface area contributed by atoms with E-state index in [0.29, 0.717) is 11.6 Å². The third-order valence-electron chi connectivity index (χ3n) is 5.68. The number of nitro benzene ring substituents is 1. The van der Waals surface area contributed by atoms with E-state index in [0.717, 1.165) is 50.3 Å². The van der Waals surface area contributed by atoms with E-state index in [1.165, 1.54) is 6.07 Å². The number of nitrogens with one attached hydrogen (secondary N) is 2. The minimum Gasteiger partial charge on any atom is -0.356 e. The van der Waals surface area contributed by atoms with Crippen molar-refractivity contribution < 1.29 is 9.72 Å². The Hall–Kier alpha value is -3.23. The monoisotopic (exact) mass is 382 g/mol. The van der Waals surface area contributed by atoms with Crippen LogP contribution in [-0.2, 0) is 4.79 Å². The molecular weight excluding hydrogens is 360 g/mol. The van der Waals surface area contributed by atoms with Gasteiger partial charge in [-0.25, -0.2) is 4.98 Å². The van der Waals surface area contributed by atoms with Gasteiger partial charge in [-0.05, 0) is 32.3 Å². The molecule has 28 heavy (non-hydrogen) atoms. The molecule has 1 aromatic carbocycles. The van der Waals surface area contributed by atoms with Gasteiger partial charge >= 0.3 is 0 Å². The Balaban J connectivity index is 1.54. The first kappa shape index (κ1) is 18.1. The summed E-state index contributed by atoms with van der Waals surface area (Å²) in [5, 5.41) is 17.1. The summed E-state index contributed by atoms with van der Waals surface area (Å²) in [6, 6.07) is 6.41. The normalized spacial score (nSPS) is 18.2. The number of rotatable bonds is 4. The third-order valence-corrected chi connectivity index (χ3v) is 5.68. The molecule has 2 fully saturated rings. The van der Waals surface area contributed by atoms with Crippen molar-refractivity contribution in [3.05, 3.63) is 46.1 Å². The molecule has 0 atom stereocenters. The molecule has 9 heteroatoms. The topological polar surface area (TPSA) is 113 Å². The fraction of sp³-hybridized carbons (Fsp3) is 0.421. The standard InChI is InChI=1S/C19H22N6O3/c1-13-12-21-18(22-14-4-2-3-5-15(14)25(27)28)23-16(13)24-10-7-19(8-11-24)6-9-20-17(19)26/h2-5,12H,6-11H2,1H3,(H,20,26)(H,21,22,23). The lowest BCUT2D eigenvalue weighted by atomic mass is 9.77. The van der Waals surface area contributed by atoms with E-state index in [1.54, 1.807) is 24.4 Å². The van der Waals surface area contributed by atoms with Crippen LogP contribution in [-0.4, -0.2) is 40.4 Å². The second-order valence-electron chi connectivity index (χ2n) is 7.37. The number of hydrogen-bond acceptors (Lipinski definition) is 7. The molecule has 9 nitrogen and oxygen atoms in total. The molecule has 2 aliphatic rings. The minimum absolute atomic E-state index is 0.0274. The first-order chi connectivity index (χ1) is 13.5. The van der Waals surface area contributed by atoms with E-state index in [1.807, 2.05) is 6.92 Å². The first-order valence-electron chi connectivity index (χ1n) is 9.36. The van der Waals surface area contributed by atoms with Crippen molar-refractivity contribution in [3.63, 3.8) is 0 Å². The summed E-state index contributed by atoms with van der Waals surface area (Å²) < 4.78 is 0. The number of para-hydroxylation sites is 2. The lowest BCUT2D eigenvalue weighted by molar-refractivity contribution is -0.383. The van der Waals surface area contributed by atoms with E-state index < -0.39 is 4.92 Å². The molecular formula is C19H22N6O3. The summed E-state index contributed by atoms with van der Waals surface area (Å²) in [5.74, 6) is 1.28. The van der Waals surface area contributed by atoms with E-state index in [-0.39, 0.29) is 17.0 Å². The largest absolute Gasteiger partial charge is 0.356 e. The SMILES string of the molecule is Cc1cnc(Nc2ccccc2[N+](=O)[O-])nc1N1CCC2(CCNC2=O)CC1. The Morgan fingerprint density at radius 1 is 1.25 bits per heavy atom. The number of aryl methyl sites for hydroxylation is 1. The quantitative estimate of drug-likeness (QED) is 0.617. The van der Waals surface area contributed by atoms with Crippen molar-refractivity contribution in [2.75, 3.05) is 29.9 Å². The minimum atomic E-state index is -0.436. The molecule has 1 aromatic heterocycles. The highest BCUT2D eigenvalue weighted by molar-refractivity contribution is 5.85. The molecule has 2 aromatic rings. The van der Waals surface area contributed by atoms with Gasteiger partial charge in [0.2, 0.25) is 11.9 Å². The average molecular weight is 382 g/mol. The smallest absolute Gasteiger partial charge is 0.292 e. The van der Waals surface area contributed by atoms with Gasteiger partial charge in [-0.2, -0.15) is 4.98 Å². The Labute approximate surface area is 162 Å². The van der Waals surface area contributed by atoms with Crippen LogP contribution in [0.25, 0.3) is 0 Å². The molecule has 2 aliphatic heterocycles. The zero-order valence-corrected chi connectivity index (χ0v) is 15.6. The Morgan fingerprint density at radius 3 is 2.68 bits per heavy atom. The van der Waals surface area contributed by atoms with E-state index in [4.69, 9.17) is 0 Å². The number of aromatic nitrogens is 2. The van der Waals surface area contributed by atoms with Crippen LogP contribution in [0.4, 0.5) is 23.1 Å². The Morgan fingerprint density at radius 2 is 2.00 bits per heavy atom. The van der Waals surface area contributed by atoms with Crippen LogP contribution in [0, 0.1) is 22.5 Å². The summed E-state index contributed by atoms with van der Waals surface area (Å²) in [6.07, 6.45) is 4.21. The van der Waals surface area contributed by atoms with E-state index in [2.05, 4.69) is 25.5 Å². The molecule has 0 bridgehead atoms. The number of nitrogens with zero attached hydrogens (tertiary/aromatic N) is 4. The van der Waals surface area contributed by atoms with Gasteiger partial charge in [0.05, 0.1) is 10.3 Å². The van der Waals surface area contributed by atoms with Crippen molar-refractivity contribution in [2.45, 2.75) is 26.2 Å². The highest BCUT2D eigenvalue weighted by Gasteiger charge is 2.44. The number of piperidine rings is 1. The molecule has 146 valence electrons. The van der Waals surface area contributed by atoms with Gasteiger partial charge < -0.3 is 15.5 Å². The molecule has 0 unspecified atom stereocenters. The molecule has 2 saturated heterocycles. The van der Waals surface area contributed by atoms with E-state index in [9.17, 15) is 14.9 Å². The molecule has 1 spiro atoms. The number of carbonyl (C=O) groups is 1. The maximum absolute atomic E-state index is 12.2. The number of amides is 1. The molecule has 1 amide bonds. The number of nitro groups is 1. The predicted octanol–water partition coefficient (Wildman–Crippen LogP) is 2.54. The zero-order chi connectivity index (χ0) is 19.7. The molecule has 4 rings (SSSR count). The summed E-state index contributed by atoms with van der Waals surface area (Å²) >= 11 is 0. The number of hydrogen-bond donors (Lipinski definition) is 2. The molecule has 3 heterocycles. The van der Waals surface area contributed by atoms with Gasteiger partial charge in [-0.3, -0.25) is 14.9 Å². The maximum Gasteiger partial charge on any atom is 0.292 e. The molecule has 0 aliphatic carbocycles. The van der Waals surface area contributed by atoms with Crippen molar-refractivity contribution in [1.82, 2.24) is 15.3 Å².